The Kier molecular flexibility index (Phi) is 5.25. The van der Waals surface area contributed by atoms with Gasteiger partial charge in [0.2, 0.25) is 5.91 Å². The second kappa shape index (κ2) is 6.94. The third-order valence-electron chi connectivity index (χ3n) is 3.46. The molecule has 104 valence electrons. The van der Waals surface area contributed by atoms with Crippen LogP contribution in [0, 0.1) is 12.7 Å². The lowest BCUT2D eigenvalue weighted by atomic mass is 10.0. The van der Waals surface area contributed by atoms with Crippen molar-refractivity contribution in [1.29, 1.82) is 0 Å². The molecule has 1 aromatic carbocycles. The fourth-order valence-corrected chi connectivity index (χ4v) is 3.42. The number of carbonyl (C=O) groups excluding carboxylic acids is 1. The number of amides is 1. The third kappa shape index (κ3) is 4.53. The molecular weight excluding hydrogens is 261 g/mol. The Balaban J connectivity index is 1.78. The molecule has 1 aliphatic rings. The Hall–Kier alpha value is -1.03. The van der Waals surface area contributed by atoms with Gasteiger partial charge in [0, 0.05) is 10.9 Å². The van der Waals surface area contributed by atoms with Crippen LogP contribution in [-0.4, -0.2) is 16.9 Å². The summed E-state index contributed by atoms with van der Waals surface area (Å²) in [6.07, 6.45) is 6.32. The molecule has 0 bridgehead atoms. The molecule has 1 fully saturated rings. The van der Waals surface area contributed by atoms with Crippen LogP contribution in [0.3, 0.4) is 0 Å². The van der Waals surface area contributed by atoms with Gasteiger partial charge in [0.15, 0.2) is 0 Å². The molecule has 0 radical (unpaired) electrons. The van der Waals surface area contributed by atoms with E-state index in [0.717, 1.165) is 0 Å². The van der Waals surface area contributed by atoms with Gasteiger partial charge in [0.05, 0.1) is 5.75 Å². The average Bonchev–Trinajstić information content (AvgIpc) is 2.42. The van der Waals surface area contributed by atoms with Crippen LogP contribution in [0.4, 0.5) is 10.1 Å². The Bertz CT molecular complexity index is 444. The van der Waals surface area contributed by atoms with Gasteiger partial charge in [-0.05, 0) is 37.5 Å². The molecule has 0 saturated heterocycles. The van der Waals surface area contributed by atoms with E-state index in [9.17, 15) is 9.18 Å². The van der Waals surface area contributed by atoms with Crippen molar-refractivity contribution in [2.75, 3.05) is 11.1 Å². The second-order valence-electron chi connectivity index (χ2n) is 5.08. The molecule has 1 amide bonds. The zero-order valence-electron chi connectivity index (χ0n) is 11.2. The molecule has 1 aromatic rings. The Morgan fingerprint density at radius 3 is 2.79 bits per heavy atom. The van der Waals surface area contributed by atoms with Crippen molar-refractivity contribution >= 4 is 23.4 Å². The monoisotopic (exact) mass is 281 g/mol. The zero-order valence-corrected chi connectivity index (χ0v) is 12.1. The number of anilines is 1. The molecule has 0 unspecified atom stereocenters. The highest BCUT2D eigenvalue weighted by molar-refractivity contribution is 8.00. The first kappa shape index (κ1) is 14.4. The summed E-state index contributed by atoms with van der Waals surface area (Å²) in [7, 11) is 0. The fourth-order valence-electron chi connectivity index (χ4n) is 2.29. The summed E-state index contributed by atoms with van der Waals surface area (Å²) in [4.78, 5) is 11.8. The highest BCUT2D eigenvalue weighted by Gasteiger charge is 2.15. The van der Waals surface area contributed by atoms with Crippen LogP contribution in [0.15, 0.2) is 18.2 Å². The standard InChI is InChI=1S/C15H20FNOS/c1-11-7-8-12(9-14(11)16)17-15(18)10-19-13-5-3-2-4-6-13/h7-9,13H,2-6,10H2,1H3,(H,17,18). The molecule has 1 aliphatic carbocycles. The molecule has 0 heterocycles. The fraction of sp³-hybridized carbons (Fsp3) is 0.533. The van der Waals surface area contributed by atoms with Gasteiger partial charge in [-0.3, -0.25) is 4.79 Å². The van der Waals surface area contributed by atoms with Crippen molar-refractivity contribution in [3.05, 3.63) is 29.6 Å². The van der Waals surface area contributed by atoms with Crippen LogP contribution < -0.4 is 5.32 Å². The number of hydrogen-bond donors (Lipinski definition) is 1. The van der Waals surface area contributed by atoms with E-state index in [1.165, 1.54) is 38.2 Å². The summed E-state index contributed by atoms with van der Waals surface area (Å²) >= 11 is 1.73. The van der Waals surface area contributed by atoms with Crippen molar-refractivity contribution in [3.8, 4) is 0 Å². The van der Waals surface area contributed by atoms with Gasteiger partial charge in [-0.15, -0.1) is 11.8 Å². The summed E-state index contributed by atoms with van der Waals surface area (Å²) in [6, 6.07) is 4.79. The van der Waals surface area contributed by atoms with Crippen LogP contribution in [0.1, 0.15) is 37.7 Å². The number of rotatable bonds is 4. The summed E-state index contributed by atoms with van der Waals surface area (Å²) in [6.45, 7) is 1.71. The smallest absolute Gasteiger partial charge is 0.234 e. The lowest BCUT2D eigenvalue weighted by Crippen LogP contribution is -2.18. The average molecular weight is 281 g/mol. The second-order valence-corrected chi connectivity index (χ2v) is 6.37. The number of hydrogen-bond acceptors (Lipinski definition) is 2. The minimum atomic E-state index is -0.280. The molecule has 4 heteroatoms. The van der Waals surface area contributed by atoms with Gasteiger partial charge in [-0.25, -0.2) is 4.39 Å². The van der Waals surface area contributed by atoms with E-state index in [1.807, 2.05) is 0 Å². The zero-order chi connectivity index (χ0) is 13.7. The largest absolute Gasteiger partial charge is 0.325 e. The van der Waals surface area contributed by atoms with Gasteiger partial charge in [-0.1, -0.05) is 25.3 Å². The van der Waals surface area contributed by atoms with Crippen molar-refractivity contribution in [3.63, 3.8) is 0 Å². The van der Waals surface area contributed by atoms with E-state index < -0.39 is 0 Å². The molecule has 0 atom stereocenters. The molecule has 0 aliphatic heterocycles. The summed E-state index contributed by atoms with van der Waals surface area (Å²) < 4.78 is 13.3. The summed E-state index contributed by atoms with van der Waals surface area (Å²) in [5.74, 6) is 0.136. The minimum absolute atomic E-state index is 0.0428. The van der Waals surface area contributed by atoms with Crippen molar-refractivity contribution in [1.82, 2.24) is 0 Å². The number of aryl methyl sites for hydroxylation is 1. The normalized spacial score (nSPS) is 16.3. The number of carbonyl (C=O) groups is 1. The highest BCUT2D eigenvalue weighted by Crippen LogP contribution is 2.28. The van der Waals surface area contributed by atoms with Crippen molar-refractivity contribution in [2.24, 2.45) is 0 Å². The molecule has 0 spiro atoms. The van der Waals surface area contributed by atoms with Crippen molar-refractivity contribution in [2.45, 2.75) is 44.3 Å². The van der Waals surface area contributed by atoms with Gasteiger partial charge >= 0.3 is 0 Å². The molecule has 2 rings (SSSR count). The van der Waals surface area contributed by atoms with Crippen LogP contribution in [0.2, 0.25) is 0 Å². The van der Waals surface area contributed by atoms with Gasteiger partial charge in [0.25, 0.3) is 0 Å². The maximum atomic E-state index is 13.3. The van der Waals surface area contributed by atoms with Gasteiger partial charge < -0.3 is 5.32 Å². The predicted octanol–water partition coefficient (Wildman–Crippen LogP) is 4.14. The first-order valence-electron chi connectivity index (χ1n) is 6.83. The number of nitrogens with one attached hydrogen (secondary N) is 1. The Labute approximate surface area is 118 Å². The van der Waals surface area contributed by atoms with E-state index in [4.69, 9.17) is 0 Å². The molecule has 1 N–H and O–H groups in total. The lowest BCUT2D eigenvalue weighted by Gasteiger charge is -2.20. The van der Waals surface area contributed by atoms with Gasteiger partial charge in [0.1, 0.15) is 5.82 Å². The maximum absolute atomic E-state index is 13.3. The molecular formula is C15H20FNOS. The molecule has 1 saturated carbocycles. The van der Waals surface area contributed by atoms with E-state index >= 15 is 0 Å². The first-order chi connectivity index (χ1) is 9.15. The Morgan fingerprint density at radius 1 is 1.37 bits per heavy atom. The van der Waals surface area contributed by atoms with Crippen LogP contribution >= 0.6 is 11.8 Å². The highest BCUT2D eigenvalue weighted by atomic mass is 32.2. The topological polar surface area (TPSA) is 29.1 Å². The SMILES string of the molecule is Cc1ccc(NC(=O)CSC2CCCCC2)cc1F. The maximum Gasteiger partial charge on any atom is 0.234 e. The van der Waals surface area contributed by atoms with Crippen LogP contribution in [-0.2, 0) is 4.79 Å². The van der Waals surface area contributed by atoms with Gasteiger partial charge in [-0.2, -0.15) is 0 Å². The van der Waals surface area contributed by atoms with E-state index in [1.54, 1.807) is 30.8 Å². The van der Waals surface area contributed by atoms with Crippen molar-refractivity contribution < 1.29 is 9.18 Å². The summed E-state index contributed by atoms with van der Waals surface area (Å²) in [5, 5.41) is 3.37. The molecule has 0 aromatic heterocycles. The molecule has 19 heavy (non-hydrogen) atoms. The van der Waals surface area contributed by atoms with Crippen LogP contribution in [0.5, 0.6) is 0 Å². The number of halogens is 1. The quantitative estimate of drug-likeness (QED) is 0.898. The van der Waals surface area contributed by atoms with E-state index in [0.29, 0.717) is 22.3 Å². The van der Waals surface area contributed by atoms with Crippen LogP contribution in [0.25, 0.3) is 0 Å². The predicted molar refractivity (Wildman–Crippen MR) is 79.1 cm³/mol. The number of benzene rings is 1. The van der Waals surface area contributed by atoms with E-state index in [-0.39, 0.29) is 11.7 Å². The first-order valence-corrected chi connectivity index (χ1v) is 7.87. The summed E-state index contributed by atoms with van der Waals surface area (Å²) in [5.41, 5.74) is 1.13. The molecule has 2 nitrogen and oxygen atoms in total. The minimum Gasteiger partial charge on any atom is -0.325 e. The number of thioether (sulfide) groups is 1. The Morgan fingerprint density at radius 2 is 2.11 bits per heavy atom. The third-order valence-corrected chi connectivity index (χ3v) is 4.83. The lowest BCUT2D eigenvalue weighted by molar-refractivity contribution is -0.113. The van der Waals surface area contributed by atoms with E-state index in [2.05, 4.69) is 5.32 Å².